The molecule has 541 valence electrons. The van der Waals surface area contributed by atoms with Gasteiger partial charge in [0.1, 0.15) is 11.5 Å². The van der Waals surface area contributed by atoms with Crippen LogP contribution in [0.5, 0.6) is 0 Å². The molecule has 4 aliphatic rings. The van der Waals surface area contributed by atoms with Crippen LogP contribution >= 0.6 is 22.9 Å². The standard InChI is InChI=1S/C11H18O.2C10H16O.2C9H14N2.2C9H11NS.C9H14O.C7H11N2.Re/c1-11(2,3)10(12)9-7-5-4-6-8-9;1-10(2,3)8-6-4-5-7-9(8)11;1-10(2,3)9(11)8-6-4-5-7-8;1-5-8-10-6-7-11(8)9(2,3)4;1-5-8-6-7-11(10-8)9(2,3)4;1-5-8-10-7(6-11-8)9(2,3)4;1-5-8-7(6-11-10-8)9(2,3)4;1-9(2,3)8(10)7-5-4-6-7;1-7(2,3)9-6-4-5-8-9;/h7H,4-6,8H2,1-3H3;5,7-8H,4,6H2,1-3H3;6H,4-5,7H2,1-3H3;2*5-7H,1H2,2-4H3;2*1,6H,2-4H3;5H,4,6H2,1-3H3;4,6H,1-3H3;/q;;;;;;;;-1;. The van der Waals surface area contributed by atoms with Crippen LogP contribution in [0.25, 0.3) is 12.2 Å². The number of carbonyl (C=O) groups is 4. The number of nitrogens with zero attached hydrogens (tertiary/aromatic N) is 8. The molecule has 0 saturated heterocycles. The maximum Gasteiger partial charge on any atom is 0.166 e. The van der Waals surface area contributed by atoms with Crippen molar-refractivity contribution in [1.82, 2.24) is 38.5 Å². The Morgan fingerprint density at radius 3 is 1.40 bits per heavy atom. The van der Waals surface area contributed by atoms with Crippen LogP contribution in [-0.2, 0) is 67.0 Å². The third-order valence-corrected chi connectivity index (χ3v) is 16.9. The second kappa shape index (κ2) is 40.3. The first kappa shape index (κ1) is 91.8. The zero-order valence-electron chi connectivity index (χ0n) is 65.5. The van der Waals surface area contributed by atoms with Crippen molar-refractivity contribution < 1.29 is 39.6 Å². The molecule has 1 radical (unpaired) electrons. The molecule has 98 heavy (non-hydrogen) atoms. The number of allylic oxidation sites excluding steroid dienone is 8. The van der Waals surface area contributed by atoms with E-state index in [1.807, 2.05) is 125 Å². The van der Waals surface area contributed by atoms with Gasteiger partial charge in [-0.2, -0.15) is 15.5 Å². The molecule has 5 aromatic rings. The summed E-state index contributed by atoms with van der Waals surface area (Å²) in [7, 11) is 0. The van der Waals surface area contributed by atoms with Gasteiger partial charge < -0.3 is 14.3 Å². The first-order valence-corrected chi connectivity index (χ1v) is 36.1. The largest absolute Gasteiger partial charge is 0.363 e. The minimum atomic E-state index is -0.191. The number of carbonyl (C=O) groups excluding carboxylic acids is 4. The Labute approximate surface area is 616 Å². The van der Waals surface area contributed by atoms with Gasteiger partial charge >= 0.3 is 0 Å². The number of terminal acetylenes is 2. The molecule has 0 fully saturated rings. The summed E-state index contributed by atoms with van der Waals surface area (Å²) in [6.07, 6.45) is 46.3. The number of hydrogen-bond donors (Lipinski definition) is 0. The van der Waals surface area contributed by atoms with Gasteiger partial charge in [-0.3, -0.25) is 23.9 Å². The minimum Gasteiger partial charge on any atom is -0.363 e. The van der Waals surface area contributed by atoms with Crippen LogP contribution < -0.4 is 0 Å². The van der Waals surface area contributed by atoms with Crippen molar-refractivity contribution in [2.45, 2.75) is 285 Å². The molecule has 0 amide bonds. The fourth-order valence-corrected chi connectivity index (χ4v) is 11.2. The molecule has 15 heteroatoms. The van der Waals surface area contributed by atoms with E-state index in [-0.39, 0.29) is 75.4 Å². The van der Waals surface area contributed by atoms with Crippen LogP contribution in [0, 0.1) is 58.5 Å². The van der Waals surface area contributed by atoms with Gasteiger partial charge in [-0.25, -0.2) is 9.97 Å². The Hall–Kier alpha value is -6.21. The van der Waals surface area contributed by atoms with Crippen LogP contribution in [0.4, 0.5) is 0 Å². The molecule has 0 N–H and O–H groups in total. The van der Waals surface area contributed by atoms with Gasteiger partial charge in [-0.1, -0.05) is 162 Å². The van der Waals surface area contributed by atoms with Gasteiger partial charge in [0.25, 0.3) is 0 Å². The van der Waals surface area contributed by atoms with Crippen LogP contribution in [0.1, 0.15) is 291 Å². The molecule has 12 nitrogen and oxygen atoms in total. The smallest absolute Gasteiger partial charge is 0.166 e. The van der Waals surface area contributed by atoms with Crippen molar-refractivity contribution in [1.29, 1.82) is 0 Å². The number of aromatic nitrogens is 8. The molecule has 0 aromatic carbocycles. The van der Waals surface area contributed by atoms with Gasteiger partial charge in [-0.15, -0.1) is 36.6 Å². The number of rotatable bonds is 5. The second-order valence-electron chi connectivity index (χ2n) is 34.0. The van der Waals surface area contributed by atoms with Crippen LogP contribution in [0.15, 0.2) is 108 Å². The minimum absolute atomic E-state index is 0. The van der Waals surface area contributed by atoms with Crippen molar-refractivity contribution in [2.24, 2.45) is 27.6 Å². The van der Waals surface area contributed by atoms with E-state index in [0.29, 0.717) is 23.1 Å². The Morgan fingerprint density at radius 1 is 0.612 bits per heavy atom. The van der Waals surface area contributed by atoms with Crippen molar-refractivity contribution in [2.75, 3.05) is 0 Å². The van der Waals surface area contributed by atoms with E-state index in [9.17, 15) is 19.2 Å². The van der Waals surface area contributed by atoms with E-state index < -0.39 is 0 Å². The Balaban J connectivity index is 0.00000108. The predicted octanol–water partition coefficient (Wildman–Crippen LogP) is 21.5. The molecular formula is C83H125N8O4ReS2-. The van der Waals surface area contributed by atoms with Gasteiger partial charge in [0, 0.05) is 94.0 Å². The number of imidazole rings is 1. The van der Waals surface area contributed by atoms with Gasteiger partial charge in [0.05, 0.1) is 16.9 Å². The summed E-state index contributed by atoms with van der Waals surface area (Å²) in [6.45, 7) is 63.4. The first-order chi connectivity index (χ1) is 44.4. The van der Waals surface area contributed by atoms with Crippen LogP contribution in [0.3, 0.4) is 0 Å². The quantitative estimate of drug-likeness (QED) is 0.124. The van der Waals surface area contributed by atoms with Crippen molar-refractivity contribution >= 4 is 58.2 Å². The maximum atomic E-state index is 11.8. The van der Waals surface area contributed by atoms with E-state index in [2.05, 4.69) is 197 Å². The van der Waals surface area contributed by atoms with Gasteiger partial charge in [0.2, 0.25) is 0 Å². The monoisotopic (exact) mass is 1550 g/mol. The number of thiazole rings is 1. The van der Waals surface area contributed by atoms with Crippen molar-refractivity contribution in [3.05, 3.63) is 148 Å². The summed E-state index contributed by atoms with van der Waals surface area (Å²) in [4.78, 5) is 54.5. The first-order valence-electron chi connectivity index (χ1n) is 34.4. The van der Waals surface area contributed by atoms with Gasteiger partial charge in [-0.05, 0) is 208 Å². The van der Waals surface area contributed by atoms with Crippen LogP contribution in [0.2, 0.25) is 0 Å². The number of Topliss-reactive ketones (excluding diaryl/α,β-unsaturated/α-hetero) is 3. The molecule has 4 aliphatic carbocycles. The number of hydrogen-bond acceptors (Lipinski definition) is 11. The zero-order valence-corrected chi connectivity index (χ0v) is 69.8. The molecule has 5 heterocycles. The van der Waals surface area contributed by atoms with Crippen molar-refractivity contribution in [3.63, 3.8) is 0 Å². The molecular weight excluding hydrogens is 1420 g/mol. The summed E-state index contributed by atoms with van der Waals surface area (Å²) in [6, 6.07) is 3.77. The molecule has 1 atom stereocenters. The zero-order chi connectivity index (χ0) is 74.8. The van der Waals surface area contributed by atoms with E-state index in [4.69, 9.17) is 12.8 Å². The topological polar surface area (TPSA) is 148 Å². The molecule has 0 spiro atoms. The van der Waals surface area contributed by atoms with E-state index in [1.165, 1.54) is 41.3 Å². The van der Waals surface area contributed by atoms with Gasteiger partial charge in [0.15, 0.2) is 28.1 Å². The molecule has 5 aromatic heterocycles. The number of ketones is 4. The average Bonchev–Trinajstić information content (AvgIpc) is 1.54. The average molecular weight is 1550 g/mol. The Bertz CT molecular complexity index is 3500. The second-order valence-corrected chi connectivity index (χ2v) is 35.4. The van der Waals surface area contributed by atoms with Crippen molar-refractivity contribution in [3.8, 4) is 24.7 Å². The summed E-state index contributed by atoms with van der Waals surface area (Å²) in [5, 5.41) is 13.1. The summed E-state index contributed by atoms with van der Waals surface area (Å²) in [5.41, 5.74) is 7.22. The Morgan fingerprint density at radius 2 is 1.13 bits per heavy atom. The SMILES string of the molecule is C#Cc1nc(C(C)(C)C)cs1.C#Cc1nscc1C(C)(C)C.C=Cc1ccn(C(C)(C)C)n1.C=Cc1nccn1C(C)(C)C.CC(C)(C)C(=O)C1=CCC1.CC(C)(C)C(=O)C1=CCCC1.CC(C)(C)C(=O)C1=CCCCC1.CC(C)(C)C1CCC=CC1=O.CC(C)(C)n1cc[c-]n1.[Re]. The summed E-state index contributed by atoms with van der Waals surface area (Å²) >= 11 is 2.95. The molecule has 0 saturated carbocycles. The fourth-order valence-electron chi connectivity index (χ4n) is 9.46. The van der Waals surface area contributed by atoms with E-state index in [0.717, 1.165) is 102 Å². The molecule has 0 aliphatic heterocycles. The van der Waals surface area contributed by atoms with E-state index >= 15 is 0 Å². The normalized spacial score (nSPS) is 15.2. The molecule has 9 rings (SSSR count). The Kier molecular flexibility index (Phi) is 37.7. The molecule has 0 bridgehead atoms. The maximum absolute atomic E-state index is 11.8. The van der Waals surface area contributed by atoms with E-state index in [1.54, 1.807) is 24.4 Å². The third-order valence-electron chi connectivity index (χ3n) is 15.5. The van der Waals surface area contributed by atoms with Crippen LogP contribution in [-0.4, -0.2) is 61.6 Å². The summed E-state index contributed by atoms with van der Waals surface area (Å²) in [5.74, 6) is 7.57. The third kappa shape index (κ3) is 33.8. The fraction of sp³-hybridized carbons (Fsp3) is 0.578. The summed E-state index contributed by atoms with van der Waals surface area (Å²) < 4.78 is 10.0. The predicted molar refractivity (Wildman–Crippen MR) is 414 cm³/mol. The molecule has 1 unspecified atom stereocenters.